The molecule has 6 aromatic carbocycles. The lowest BCUT2D eigenvalue weighted by Crippen LogP contribution is -1.97. The number of halogens is 5. The summed E-state index contributed by atoms with van der Waals surface area (Å²) >= 11 is 3.64. The van der Waals surface area contributed by atoms with Crippen molar-refractivity contribution in [3.05, 3.63) is 119 Å². The molecule has 0 aliphatic heterocycles. The minimum Gasteiger partial charge on any atom is -0.207 e. The van der Waals surface area contributed by atoms with E-state index in [2.05, 4.69) is 15.9 Å². The zero-order valence-electron chi connectivity index (χ0n) is 19.1. The number of hydrogen-bond donors (Lipinski definition) is 0. The summed E-state index contributed by atoms with van der Waals surface area (Å²) in [6, 6.07) is 24.3. The number of benzene rings is 6. The molecular formula is C32H15BrF4. The highest BCUT2D eigenvalue weighted by Crippen LogP contribution is 2.58. The van der Waals surface area contributed by atoms with Crippen molar-refractivity contribution >= 4 is 37.5 Å². The fraction of sp³-hybridized carbons (Fsp3) is 0. The van der Waals surface area contributed by atoms with Gasteiger partial charge in [0.05, 0.1) is 0 Å². The van der Waals surface area contributed by atoms with Gasteiger partial charge in [-0.05, 0) is 74.1 Å². The lowest BCUT2D eigenvalue weighted by molar-refractivity contribution is 0.585. The SMILES string of the molecule is Fc1ccc(-c2c3c(c(-c4ccc(F)cc4F)c4ccccc24)-c2ccc(Br)c4cccc-3c24)c(F)c1. The van der Waals surface area contributed by atoms with E-state index in [4.69, 9.17) is 0 Å². The molecular weight excluding hydrogens is 540 g/mol. The zero-order chi connectivity index (χ0) is 25.4. The third kappa shape index (κ3) is 3.13. The molecule has 0 N–H and O–H groups in total. The quantitative estimate of drug-likeness (QED) is 0.186. The Balaban J connectivity index is 1.77. The van der Waals surface area contributed by atoms with Gasteiger partial charge >= 0.3 is 0 Å². The Hall–Kier alpha value is -3.96. The standard InChI is InChI=1S/C32H15BrF4/c33-25-13-12-24-28-20(25)6-3-7-23(28)31-29(21-10-8-16(34)14-26(21)36)18-4-1-2-5-19(18)30(32(24)31)22-11-9-17(35)15-27(22)37/h1-15H. The summed E-state index contributed by atoms with van der Waals surface area (Å²) in [6.45, 7) is 0. The molecule has 0 atom stereocenters. The van der Waals surface area contributed by atoms with Crippen molar-refractivity contribution in [3.63, 3.8) is 0 Å². The first kappa shape index (κ1) is 22.3. The van der Waals surface area contributed by atoms with E-state index in [0.29, 0.717) is 21.9 Å². The van der Waals surface area contributed by atoms with E-state index in [9.17, 15) is 8.78 Å². The molecule has 0 aromatic heterocycles. The van der Waals surface area contributed by atoms with Gasteiger partial charge in [0.25, 0.3) is 0 Å². The maximum atomic E-state index is 15.4. The van der Waals surface area contributed by atoms with Gasteiger partial charge in [-0.2, -0.15) is 0 Å². The first-order valence-corrected chi connectivity index (χ1v) is 12.4. The van der Waals surface area contributed by atoms with Crippen LogP contribution in [-0.2, 0) is 0 Å². The highest BCUT2D eigenvalue weighted by Gasteiger charge is 2.32. The van der Waals surface area contributed by atoms with Crippen molar-refractivity contribution in [1.82, 2.24) is 0 Å². The molecule has 5 heteroatoms. The van der Waals surface area contributed by atoms with Crippen LogP contribution in [0, 0.1) is 23.3 Å². The fourth-order valence-electron chi connectivity index (χ4n) is 5.71. The van der Waals surface area contributed by atoms with Crippen molar-refractivity contribution in [2.45, 2.75) is 0 Å². The molecule has 0 spiro atoms. The van der Waals surface area contributed by atoms with Crippen LogP contribution < -0.4 is 0 Å². The van der Waals surface area contributed by atoms with Gasteiger partial charge in [0.2, 0.25) is 0 Å². The molecule has 6 aromatic rings. The number of rotatable bonds is 2. The van der Waals surface area contributed by atoms with Crippen molar-refractivity contribution in [2.24, 2.45) is 0 Å². The summed E-state index contributed by atoms with van der Waals surface area (Å²) in [4.78, 5) is 0. The van der Waals surface area contributed by atoms with E-state index >= 15 is 8.78 Å². The van der Waals surface area contributed by atoms with E-state index in [1.54, 1.807) is 0 Å². The predicted molar refractivity (Wildman–Crippen MR) is 144 cm³/mol. The Kier molecular flexibility index (Phi) is 4.82. The van der Waals surface area contributed by atoms with Crippen LogP contribution in [0.25, 0.3) is 66.1 Å². The van der Waals surface area contributed by atoms with Gasteiger partial charge < -0.3 is 0 Å². The summed E-state index contributed by atoms with van der Waals surface area (Å²) in [6.07, 6.45) is 0. The molecule has 0 bridgehead atoms. The van der Waals surface area contributed by atoms with Crippen molar-refractivity contribution in [1.29, 1.82) is 0 Å². The molecule has 0 heterocycles. The smallest absolute Gasteiger partial charge is 0.133 e. The van der Waals surface area contributed by atoms with Crippen LogP contribution in [0.2, 0.25) is 0 Å². The van der Waals surface area contributed by atoms with Gasteiger partial charge in [0.15, 0.2) is 0 Å². The van der Waals surface area contributed by atoms with Crippen molar-refractivity contribution in [3.8, 4) is 44.5 Å². The topological polar surface area (TPSA) is 0 Å². The highest BCUT2D eigenvalue weighted by molar-refractivity contribution is 9.10. The molecule has 178 valence electrons. The molecule has 37 heavy (non-hydrogen) atoms. The average molecular weight is 555 g/mol. The van der Waals surface area contributed by atoms with Gasteiger partial charge in [0.1, 0.15) is 23.3 Å². The van der Waals surface area contributed by atoms with Crippen LogP contribution in [0.3, 0.4) is 0 Å². The Labute approximate surface area is 217 Å². The molecule has 0 nitrogen and oxygen atoms in total. The fourth-order valence-corrected chi connectivity index (χ4v) is 6.17. The molecule has 0 saturated heterocycles. The van der Waals surface area contributed by atoms with Gasteiger partial charge in [-0.1, -0.05) is 64.5 Å². The van der Waals surface area contributed by atoms with Crippen molar-refractivity contribution in [2.75, 3.05) is 0 Å². The average Bonchev–Trinajstić information content (AvgIpc) is 3.21. The third-order valence-corrected chi connectivity index (χ3v) is 7.83. The van der Waals surface area contributed by atoms with Crippen LogP contribution in [-0.4, -0.2) is 0 Å². The van der Waals surface area contributed by atoms with E-state index in [-0.39, 0.29) is 11.1 Å². The Morgan fingerprint density at radius 2 is 0.919 bits per heavy atom. The van der Waals surface area contributed by atoms with E-state index < -0.39 is 23.3 Å². The van der Waals surface area contributed by atoms with Crippen LogP contribution in [0.4, 0.5) is 17.6 Å². The molecule has 0 amide bonds. The maximum absolute atomic E-state index is 15.4. The molecule has 0 saturated carbocycles. The third-order valence-electron chi connectivity index (χ3n) is 7.14. The minimum atomic E-state index is -0.683. The predicted octanol–water partition coefficient (Wildman–Crippen LogP) is 10.3. The molecule has 1 aliphatic carbocycles. The van der Waals surface area contributed by atoms with Gasteiger partial charge in [-0.25, -0.2) is 17.6 Å². The Morgan fingerprint density at radius 3 is 1.46 bits per heavy atom. The first-order valence-electron chi connectivity index (χ1n) is 11.7. The second kappa shape index (κ2) is 8.02. The summed E-state index contributed by atoms with van der Waals surface area (Å²) in [5, 5.41) is 3.30. The zero-order valence-corrected chi connectivity index (χ0v) is 20.6. The highest BCUT2D eigenvalue weighted by atomic mass is 79.9. The van der Waals surface area contributed by atoms with E-state index in [0.717, 1.165) is 49.6 Å². The molecule has 0 unspecified atom stereocenters. The molecule has 0 radical (unpaired) electrons. The van der Waals surface area contributed by atoms with Gasteiger partial charge in [0, 0.05) is 38.9 Å². The lowest BCUT2D eigenvalue weighted by atomic mass is 9.82. The lowest BCUT2D eigenvalue weighted by Gasteiger charge is -2.21. The Morgan fingerprint density at radius 1 is 0.432 bits per heavy atom. The minimum absolute atomic E-state index is 0.254. The van der Waals surface area contributed by atoms with Crippen molar-refractivity contribution < 1.29 is 17.6 Å². The Bertz CT molecular complexity index is 1840. The summed E-state index contributed by atoms with van der Waals surface area (Å²) in [7, 11) is 0. The molecule has 7 rings (SSSR count). The summed E-state index contributed by atoms with van der Waals surface area (Å²) < 4.78 is 59.6. The second-order valence-corrected chi connectivity index (χ2v) is 9.97. The van der Waals surface area contributed by atoms with Gasteiger partial charge in [-0.3, -0.25) is 0 Å². The maximum Gasteiger partial charge on any atom is 0.133 e. The van der Waals surface area contributed by atoms with Crippen LogP contribution >= 0.6 is 15.9 Å². The van der Waals surface area contributed by atoms with Crippen LogP contribution in [0.15, 0.2) is 95.5 Å². The second-order valence-electron chi connectivity index (χ2n) is 9.12. The number of hydrogen-bond acceptors (Lipinski definition) is 0. The molecule has 0 fully saturated rings. The number of fused-ring (bicyclic) bond motifs is 4. The summed E-state index contributed by atoms with van der Waals surface area (Å²) in [5.41, 5.74) is 4.94. The van der Waals surface area contributed by atoms with Gasteiger partial charge in [-0.15, -0.1) is 0 Å². The molecule has 1 aliphatic rings. The largest absolute Gasteiger partial charge is 0.207 e. The monoisotopic (exact) mass is 554 g/mol. The summed E-state index contributed by atoms with van der Waals surface area (Å²) in [5.74, 6) is -2.70. The normalized spacial score (nSPS) is 11.9. The van der Waals surface area contributed by atoms with E-state index in [1.165, 1.54) is 24.3 Å². The van der Waals surface area contributed by atoms with Crippen LogP contribution in [0.1, 0.15) is 0 Å². The first-order chi connectivity index (χ1) is 17.9. The van der Waals surface area contributed by atoms with Crippen LogP contribution in [0.5, 0.6) is 0 Å². The van der Waals surface area contributed by atoms with E-state index in [1.807, 2.05) is 54.6 Å².